The van der Waals surface area contributed by atoms with Gasteiger partial charge in [0.1, 0.15) is 0 Å². The average Bonchev–Trinajstić information content (AvgIpc) is 2.16. The van der Waals surface area contributed by atoms with E-state index in [1.807, 2.05) is 4.72 Å². The molecule has 1 N–H and O–H groups in total. The van der Waals surface area contributed by atoms with Crippen molar-refractivity contribution in [3.63, 3.8) is 0 Å². The van der Waals surface area contributed by atoms with Crippen molar-refractivity contribution in [2.75, 3.05) is 0 Å². The number of nitrogens with one attached hydrogen (secondary N) is 1. The van der Waals surface area contributed by atoms with Crippen molar-refractivity contribution in [1.82, 2.24) is 4.72 Å². The number of hydrogen-bond donors (Lipinski definition) is 1. The largest absolute Gasteiger partial charge is 0.298 e. The molecular weight excluding hydrogens is 174 g/mol. The summed E-state index contributed by atoms with van der Waals surface area (Å²) in [4.78, 5) is 21.5. The maximum Gasteiger partial charge on any atom is 0.262 e. The highest BCUT2D eigenvalue weighted by Gasteiger charge is 2.07. The summed E-state index contributed by atoms with van der Waals surface area (Å²) in [6.07, 6.45) is 0.625. The van der Waals surface area contributed by atoms with Crippen molar-refractivity contribution in [2.45, 2.75) is 0 Å². The zero-order chi connectivity index (χ0) is 8.97. The van der Waals surface area contributed by atoms with Gasteiger partial charge in [-0.25, -0.2) is 0 Å². The summed E-state index contributed by atoms with van der Waals surface area (Å²) in [5.41, 5.74) is 0.655. The van der Waals surface area contributed by atoms with Crippen molar-refractivity contribution >= 4 is 25.0 Å². The lowest BCUT2D eigenvalue weighted by molar-refractivity contribution is 0.0978. The molecule has 0 unspecified atom stereocenters. The smallest absolute Gasteiger partial charge is 0.262 e. The quantitative estimate of drug-likeness (QED) is 0.698. The van der Waals surface area contributed by atoms with Crippen LogP contribution in [0.4, 0.5) is 0 Å². The van der Waals surface area contributed by atoms with Gasteiger partial charge >= 0.3 is 0 Å². The van der Waals surface area contributed by atoms with Crippen molar-refractivity contribution in [1.29, 1.82) is 0 Å². The molecule has 0 aliphatic rings. The summed E-state index contributed by atoms with van der Waals surface area (Å²) >= 11 is 4.35. The van der Waals surface area contributed by atoms with Crippen molar-refractivity contribution in [3.05, 3.63) is 35.4 Å². The Balaban J connectivity index is 3.13. The van der Waals surface area contributed by atoms with Gasteiger partial charge in [-0.05, 0) is 6.07 Å². The number of carbonyl (C=O) groups excluding carboxylic acids is 2. The van der Waals surface area contributed by atoms with Gasteiger partial charge in [0.15, 0.2) is 6.29 Å². The van der Waals surface area contributed by atoms with E-state index in [9.17, 15) is 9.59 Å². The van der Waals surface area contributed by atoms with E-state index >= 15 is 0 Å². The van der Waals surface area contributed by atoms with Crippen LogP contribution >= 0.6 is 12.8 Å². The lowest BCUT2D eigenvalue weighted by atomic mass is 10.1. The summed E-state index contributed by atoms with van der Waals surface area (Å²) in [6, 6.07) is 6.47. The molecule has 3 nitrogen and oxygen atoms in total. The Kier molecular flexibility index (Phi) is 2.88. The van der Waals surface area contributed by atoms with Gasteiger partial charge < -0.3 is 0 Å². The fourth-order valence-electron chi connectivity index (χ4n) is 0.862. The van der Waals surface area contributed by atoms with Crippen LogP contribution in [0.1, 0.15) is 20.7 Å². The first-order valence-corrected chi connectivity index (χ1v) is 3.67. The molecule has 1 amide bonds. The van der Waals surface area contributed by atoms with Gasteiger partial charge in [0.2, 0.25) is 0 Å². The van der Waals surface area contributed by atoms with Crippen molar-refractivity contribution in [2.24, 2.45) is 0 Å². The zero-order valence-corrected chi connectivity index (χ0v) is 6.93. The first kappa shape index (κ1) is 8.80. The first-order chi connectivity index (χ1) is 5.79. The van der Waals surface area contributed by atoms with Gasteiger partial charge in [-0.1, -0.05) is 18.2 Å². The van der Waals surface area contributed by atoms with Crippen molar-refractivity contribution in [3.8, 4) is 0 Å². The van der Waals surface area contributed by atoms with Crippen LogP contribution < -0.4 is 4.72 Å². The Labute approximate surface area is 75.3 Å². The monoisotopic (exact) mass is 180 g/mol. The van der Waals surface area contributed by atoms with E-state index in [-0.39, 0.29) is 0 Å². The lowest BCUT2D eigenvalue weighted by Crippen LogP contribution is -2.14. The van der Waals surface area contributed by atoms with Crippen LogP contribution in [-0.2, 0) is 0 Å². The normalized spacial score (nSPS) is 9.08. The second kappa shape index (κ2) is 3.92. The highest BCUT2D eigenvalue weighted by Crippen LogP contribution is 2.05. The number of aldehydes is 1. The van der Waals surface area contributed by atoms with E-state index < -0.39 is 5.91 Å². The molecule has 12 heavy (non-hydrogen) atoms. The maximum absolute atomic E-state index is 11.0. The fourth-order valence-corrected chi connectivity index (χ4v) is 0.971. The third kappa shape index (κ3) is 1.65. The van der Waals surface area contributed by atoms with Crippen molar-refractivity contribution < 1.29 is 9.59 Å². The molecule has 0 saturated heterocycles. The van der Waals surface area contributed by atoms with Crippen LogP contribution in [0.15, 0.2) is 24.3 Å². The second-order valence-corrected chi connectivity index (χ2v) is 2.34. The fraction of sp³-hybridized carbons (Fsp3) is 0. The lowest BCUT2D eigenvalue weighted by Gasteiger charge is -1.99. The summed E-state index contributed by atoms with van der Waals surface area (Å²) in [6.45, 7) is 0. The topological polar surface area (TPSA) is 46.2 Å². The van der Waals surface area contributed by atoms with E-state index in [1.54, 1.807) is 24.3 Å². The van der Waals surface area contributed by atoms with Crippen LogP contribution in [0.5, 0.6) is 0 Å². The van der Waals surface area contributed by atoms with Gasteiger partial charge in [-0.15, -0.1) is 0 Å². The molecule has 61 valence electrons. The Morgan fingerprint density at radius 2 is 2.08 bits per heavy atom. The third-order valence-electron chi connectivity index (χ3n) is 1.43. The summed E-state index contributed by atoms with van der Waals surface area (Å²) in [5, 5.41) is 0. The predicted octanol–water partition coefficient (Wildman–Crippen LogP) is 1.34. The molecule has 1 radical (unpaired) electrons. The molecule has 0 atom stereocenters. The van der Waals surface area contributed by atoms with E-state index in [2.05, 4.69) is 12.8 Å². The molecule has 0 aromatic heterocycles. The van der Waals surface area contributed by atoms with Crippen LogP contribution in [0, 0.1) is 0 Å². The van der Waals surface area contributed by atoms with Gasteiger partial charge in [0.25, 0.3) is 5.91 Å². The van der Waals surface area contributed by atoms with Gasteiger partial charge in [0.05, 0.1) is 5.56 Å². The minimum Gasteiger partial charge on any atom is -0.298 e. The van der Waals surface area contributed by atoms with E-state index in [1.165, 1.54) is 0 Å². The molecule has 4 heteroatoms. The molecule has 0 aliphatic carbocycles. The van der Waals surface area contributed by atoms with Crippen LogP contribution in [-0.4, -0.2) is 12.2 Å². The van der Waals surface area contributed by atoms with Gasteiger partial charge in [-0.3, -0.25) is 14.3 Å². The second-order valence-electron chi connectivity index (χ2n) is 2.14. The number of rotatable bonds is 2. The number of benzene rings is 1. The number of hydrogen-bond acceptors (Lipinski definition) is 2. The molecule has 0 heterocycles. The summed E-state index contributed by atoms with van der Waals surface area (Å²) in [5.74, 6) is -0.423. The molecule has 0 bridgehead atoms. The Bertz CT molecular complexity index is 312. The Hall–Kier alpha value is -1.29. The Morgan fingerprint density at radius 1 is 1.42 bits per heavy atom. The van der Waals surface area contributed by atoms with E-state index in [4.69, 9.17) is 0 Å². The SMILES string of the molecule is O=Cc1ccccc1C(=O)N[S]. The maximum atomic E-state index is 11.0. The summed E-state index contributed by atoms with van der Waals surface area (Å²) < 4.78 is 2.04. The zero-order valence-electron chi connectivity index (χ0n) is 6.11. The van der Waals surface area contributed by atoms with Crippen LogP contribution in [0.25, 0.3) is 0 Å². The number of amides is 1. The molecule has 0 aliphatic heterocycles. The predicted molar refractivity (Wildman–Crippen MR) is 46.9 cm³/mol. The highest BCUT2D eigenvalue weighted by molar-refractivity contribution is 7.78. The van der Waals surface area contributed by atoms with E-state index in [0.717, 1.165) is 0 Å². The molecule has 1 rings (SSSR count). The van der Waals surface area contributed by atoms with Crippen LogP contribution in [0.3, 0.4) is 0 Å². The Morgan fingerprint density at radius 3 is 2.67 bits per heavy atom. The molecule has 0 saturated carbocycles. The summed E-state index contributed by atoms with van der Waals surface area (Å²) in [7, 11) is 0. The minimum atomic E-state index is -0.423. The molecule has 1 aromatic rings. The first-order valence-electron chi connectivity index (χ1n) is 3.26. The number of carbonyl (C=O) groups is 2. The molecule has 0 fully saturated rings. The molecule has 0 spiro atoms. The standard InChI is InChI=1S/C8H6NO2S/c10-5-6-3-1-2-4-7(6)8(11)9-12/h1-5H,(H,9,11). The average molecular weight is 180 g/mol. The molecular formula is C8H6NO2S. The van der Waals surface area contributed by atoms with E-state index in [0.29, 0.717) is 17.4 Å². The minimum absolute atomic E-state index is 0.308. The van der Waals surface area contributed by atoms with Gasteiger partial charge in [0, 0.05) is 18.4 Å². The third-order valence-corrected chi connectivity index (χ3v) is 1.61. The highest BCUT2D eigenvalue weighted by atomic mass is 32.1. The molecule has 1 aromatic carbocycles. The van der Waals surface area contributed by atoms with Gasteiger partial charge in [-0.2, -0.15) is 0 Å². The van der Waals surface area contributed by atoms with Crippen LogP contribution in [0.2, 0.25) is 0 Å².